The summed E-state index contributed by atoms with van der Waals surface area (Å²) in [5.41, 5.74) is 0. The summed E-state index contributed by atoms with van der Waals surface area (Å²) in [5.74, 6) is 0.250. The van der Waals surface area contributed by atoms with Gasteiger partial charge in [0.05, 0.1) is 12.4 Å². The highest BCUT2D eigenvalue weighted by molar-refractivity contribution is 7.89. The lowest BCUT2D eigenvalue weighted by Gasteiger charge is -2.29. The molecule has 1 aliphatic rings. The zero-order valence-corrected chi connectivity index (χ0v) is 14.6. The number of hydrogen-bond donors (Lipinski definition) is 1. The third-order valence-corrected chi connectivity index (χ3v) is 6.06. The minimum absolute atomic E-state index is 0.0924. The lowest BCUT2D eigenvalue weighted by Crippen LogP contribution is -2.43. The van der Waals surface area contributed by atoms with Gasteiger partial charge in [-0.3, -0.25) is 0 Å². The van der Waals surface area contributed by atoms with Crippen molar-refractivity contribution in [2.24, 2.45) is 0 Å². The van der Waals surface area contributed by atoms with Crippen molar-refractivity contribution >= 4 is 10.0 Å². The molecule has 0 atom stereocenters. The molecule has 0 unspecified atom stereocenters. The summed E-state index contributed by atoms with van der Waals surface area (Å²) in [5, 5.41) is 3.42. The number of methoxy groups -OCH3 is 1. The molecule has 0 aromatic rings. The normalized spacial score (nSPS) is 16.0. The van der Waals surface area contributed by atoms with Crippen molar-refractivity contribution in [3.63, 3.8) is 0 Å². The van der Waals surface area contributed by atoms with E-state index in [1.807, 2.05) is 13.8 Å². The van der Waals surface area contributed by atoms with Crippen LogP contribution in [0.4, 0.5) is 0 Å². The van der Waals surface area contributed by atoms with E-state index in [1.54, 1.807) is 11.4 Å². The van der Waals surface area contributed by atoms with Gasteiger partial charge >= 0.3 is 0 Å². The van der Waals surface area contributed by atoms with Crippen molar-refractivity contribution in [1.82, 2.24) is 9.62 Å². The first-order valence-electron chi connectivity index (χ1n) is 8.27. The highest BCUT2D eigenvalue weighted by Gasteiger charge is 2.27. The van der Waals surface area contributed by atoms with E-state index in [-0.39, 0.29) is 11.8 Å². The standard InChI is InChI=1S/C15H32N2O3S/c1-4-15(5-2)17(11-12-20-3)21(18,19)13-7-6-10-16-14-8-9-14/h14-16H,4-13H2,1-3H3. The minimum atomic E-state index is -3.18. The quantitative estimate of drug-likeness (QED) is 0.527. The molecule has 0 aromatic heterocycles. The van der Waals surface area contributed by atoms with Gasteiger partial charge in [0.25, 0.3) is 0 Å². The number of unbranched alkanes of at least 4 members (excludes halogenated alkanes) is 1. The van der Waals surface area contributed by atoms with Crippen LogP contribution in [0.3, 0.4) is 0 Å². The Morgan fingerprint density at radius 3 is 2.43 bits per heavy atom. The molecule has 0 saturated heterocycles. The Balaban J connectivity index is 2.42. The van der Waals surface area contributed by atoms with Gasteiger partial charge in [0, 0.05) is 25.7 Å². The average molecular weight is 320 g/mol. The van der Waals surface area contributed by atoms with Gasteiger partial charge in [0.15, 0.2) is 0 Å². The fourth-order valence-corrected chi connectivity index (χ4v) is 4.45. The predicted molar refractivity (Wildman–Crippen MR) is 87.0 cm³/mol. The topological polar surface area (TPSA) is 58.6 Å². The number of nitrogens with one attached hydrogen (secondary N) is 1. The summed E-state index contributed by atoms with van der Waals surface area (Å²) in [4.78, 5) is 0. The summed E-state index contributed by atoms with van der Waals surface area (Å²) < 4.78 is 31.8. The van der Waals surface area contributed by atoms with Crippen molar-refractivity contribution in [3.05, 3.63) is 0 Å². The van der Waals surface area contributed by atoms with E-state index in [1.165, 1.54) is 12.8 Å². The second kappa shape index (κ2) is 9.77. The number of hydrogen-bond acceptors (Lipinski definition) is 4. The van der Waals surface area contributed by atoms with Gasteiger partial charge in [-0.2, -0.15) is 4.31 Å². The maximum Gasteiger partial charge on any atom is 0.214 e. The largest absolute Gasteiger partial charge is 0.383 e. The molecule has 5 nitrogen and oxygen atoms in total. The molecule has 1 rings (SSSR count). The van der Waals surface area contributed by atoms with E-state index in [0.29, 0.717) is 19.2 Å². The van der Waals surface area contributed by atoms with Crippen LogP contribution in [0.5, 0.6) is 0 Å². The molecule has 0 aliphatic heterocycles. The molecule has 1 aliphatic carbocycles. The van der Waals surface area contributed by atoms with Crippen LogP contribution in [0.25, 0.3) is 0 Å². The van der Waals surface area contributed by atoms with Crippen LogP contribution in [0.15, 0.2) is 0 Å². The van der Waals surface area contributed by atoms with Gasteiger partial charge in [-0.1, -0.05) is 13.8 Å². The molecule has 0 bridgehead atoms. The van der Waals surface area contributed by atoms with Crippen LogP contribution in [-0.2, 0) is 14.8 Å². The molecular formula is C15H32N2O3S. The molecule has 0 heterocycles. The van der Waals surface area contributed by atoms with Crippen molar-refractivity contribution in [2.75, 3.05) is 32.6 Å². The average Bonchev–Trinajstić information content (AvgIpc) is 3.27. The number of ether oxygens (including phenoxy) is 1. The molecule has 21 heavy (non-hydrogen) atoms. The third kappa shape index (κ3) is 7.08. The van der Waals surface area contributed by atoms with E-state index >= 15 is 0 Å². The minimum Gasteiger partial charge on any atom is -0.383 e. The van der Waals surface area contributed by atoms with E-state index in [0.717, 1.165) is 32.2 Å². The molecule has 1 fully saturated rings. The van der Waals surface area contributed by atoms with Crippen LogP contribution in [0.1, 0.15) is 52.4 Å². The first kappa shape index (κ1) is 18.9. The van der Waals surface area contributed by atoms with Crippen LogP contribution in [0.2, 0.25) is 0 Å². The van der Waals surface area contributed by atoms with Crippen molar-refractivity contribution in [1.29, 1.82) is 0 Å². The maximum atomic E-state index is 12.6. The second-order valence-electron chi connectivity index (χ2n) is 5.83. The first-order chi connectivity index (χ1) is 10.0. The van der Waals surface area contributed by atoms with Crippen LogP contribution >= 0.6 is 0 Å². The number of nitrogens with zero attached hydrogens (tertiary/aromatic N) is 1. The van der Waals surface area contributed by atoms with E-state index in [9.17, 15) is 8.42 Å². The van der Waals surface area contributed by atoms with E-state index in [4.69, 9.17) is 4.74 Å². The Hall–Kier alpha value is -0.170. The van der Waals surface area contributed by atoms with Crippen molar-refractivity contribution in [3.8, 4) is 0 Å². The molecule has 0 aromatic carbocycles. The monoisotopic (exact) mass is 320 g/mol. The maximum absolute atomic E-state index is 12.6. The van der Waals surface area contributed by atoms with Gasteiger partial charge in [-0.25, -0.2) is 8.42 Å². The molecular weight excluding hydrogens is 288 g/mol. The molecule has 0 spiro atoms. The van der Waals surface area contributed by atoms with Crippen molar-refractivity contribution in [2.45, 2.75) is 64.5 Å². The van der Waals surface area contributed by atoms with E-state index in [2.05, 4.69) is 5.32 Å². The molecule has 1 saturated carbocycles. The molecule has 126 valence electrons. The molecule has 1 N–H and O–H groups in total. The molecule has 6 heteroatoms. The smallest absolute Gasteiger partial charge is 0.214 e. The van der Waals surface area contributed by atoms with Crippen molar-refractivity contribution < 1.29 is 13.2 Å². The summed E-state index contributed by atoms with van der Waals surface area (Å²) in [7, 11) is -1.57. The van der Waals surface area contributed by atoms with Gasteiger partial charge in [-0.15, -0.1) is 0 Å². The zero-order chi connectivity index (χ0) is 15.7. The Morgan fingerprint density at radius 1 is 1.24 bits per heavy atom. The predicted octanol–water partition coefficient (Wildman–Crippen LogP) is 1.99. The zero-order valence-electron chi connectivity index (χ0n) is 13.8. The fourth-order valence-electron chi connectivity index (χ4n) is 2.55. The SMILES string of the molecule is CCC(CC)N(CCOC)S(=O)(=O)CCCCNC1CC1. The second-order valence-corrected chi connectivity index (χ2v) is 7.87. The van der Waals surface area contributed by atoms with Crippen LogP contribution < -0.4 is 5.32 Å². The highest BCUT2D eigenvalue weighted by atomic mass is 32.2. The summed E-state index contributed by atoms with van der Waals surface area (Å²) in [6.45, 7) is 5.94. The number of rotatable bonds is 13. The van der Waals surface area contributed by atoms with Gasteiger partial charge in [0.1, 0.15) is 0 Å². The Bertz CT molecular complexity index is 365. The third-order valence-electron chi connectivity index (χ3n) is 4.06. The van der Waals surface area contributed by atoms with Crippen LogP contribution in [0, 0.1) is 0 Å². The van der Waals surface area contributed by atoms with Gasteiger partial charge in [-0.05, 0) is 45.1 Å². The summed E-state index contributed by atoms with van der Waals surface area (Å²) in [6, 6.07) is 0.791. The Kier molecular flexibility index (Phi) is 8.78. The highest BCUT2D eigenvalue weighted by Crippen LogP contribution is 2.19. The lowest BCUT2D eigenvalue weighted by atomic mass is 10.2. The van der Waals surface area contributed by atoms with Crippen LogP contribution in [-0.4, -0.2) is 57.4 Å². The first-order valence-corrected chi connectivity index (χ1v) is 9.87. The van der Waals surface area contributed by atoms with Gasteiger partial charge < -0.3 is 10.1 Å². The summed E-state index contributed by atoms with van der Waals surface area (Å²) >= 11 is 0. The number of sulfonamides is 1. The fraction of sp³-hybridized carbons (Fsp3) is 1.00. The van der Waals surface area contributed by atoms with E-state index < -0.39 is 10.0 Å². The molecule has 0 radical (unpaired) electrons. The lowest BCUT2D eigenvalue weighted by molar-refractivity contribution is 0.163. The molecule has 0 amide bonds. The van der Waals surface area contributed by atoms with Gasteiger partial charge in [0.2, 0.25) is 10.0 Å². The Morgan fingerprint density at radius 2 is 1.90 bits per heavy atom. The Labute approximate surface area is 130 Å². The summed E-state index contributed by atoms with van der Waals surface area (Å²) in [6.07, 6.45) is 5.91.